The van der Waals surface area contributed by atoms with Gasteiger partial charge in [-0.3, -0.25) is 0 Å². The van der Waals surface area contributed by atoms with Crippen molar-refractivity contribution in [2.24, 2.45) is 0 Å². The van der Waals surface area contributed by atoms with Gasteiger partial charge in [0.05, 0.1) is 16.1 Å². The number of thiophene rings is 2. The van der Waals surface area contributed by atoms with E-state index in [1.165, 1.54) is 10.9 Å². The summed E-state index contributed by atoms with van der Waals surface area (Å²) < 4.78 is 0. The summed E-state index contributed by atoms with van der Waals surface area (Å²) in [5.74, 6) is 0. The van der Waals surface area contributed by atoms with Crippen LogP contribution < -0.4 is 0 Å². The zero-order chi connectivity index (χ0) is 15.7. The van der Waals surface area contributed by atoms with Crippen molar-refractivity contribution in [3.63, 3.8) is 0 Å². The molecule has 4 aromatic heterocycles. The van der Waals surface area contributed by atoms with Gasteiger partial charge in [-0.15, -0.1) is 22.7 Å². The van der Waals surface area contributed by atoms with E-state index in [1.54, 1.807) is 28.7 Å². The van der Waals surface area contributed by atoms with Crippen LogP contribution in [0, 0.1) is 6.92 Å². The molecule has 0 saturated carbocycles. The molecule has 0 aliphatic carbocycles. The van der Waals surface area contributed by atoms with Gasteiger partial charge in [0.2, 0.25) is 0 Å². The van der Waals surface area contributed by atoms with Crippen LogP contribution in [0.5, 0.6) is 0 Å². The summed E-state index contributed by atoms with van der Waals surface area (Å²) in [5.41, 5.74) is 3.06. The van der Waals surface area contributed by atoms with Gasteiger partial charge in [0.15, 0.2) is 0 Å². The minimum absolute atomic E-state index is 0.445. The number of aryl methyl sites for hydroxylation is 1. The highest BCUT2D eigenvalue weighted by molar-refractivity contribution is 7.09. The number of nitrogens with zero attached hydrogens (tertiary/aromatic N) is 2. The highest BCUT2D eigenvalue weighted by Crippen LogP contribution is 2.27. The lowest BCUT2D eigenvalue weighted by molar-refractivity contribution is 1.38. The molecule has 0 aromatic carbocycles. The first-order chi connectivity index (χ1) is 10.5. The van der Waals surface area contributed by atoms with Crippen molar-refractivity contribution in [3.05, 3.63) is 54.5 Å². The van der Waals surface area contributed by atoms with E-state index in [0.717, 1.165) is 16.4 Å². The summed E-state index contributed by atoms with van der Waals surface area (Å²) in [6, 6.07) is 3.54. The second-order valence-electron chi connectivity index (χ2n) is 4.53. The maximum atomic E-state index is 5.89. The van der Waals surface area contributed by atoms with Gasteiger partial charge in [0.25, 0.3) is 0 Å². The average molecular weight is 388 g/mol. The molecular formula is C15H9Cl3N2S2. The molecule has 0 bridgehead atoms. The molecule has 0 aliphatic rings. The molecule has 0 atom stereocenters. The van der Waals surface area contributed by atoms with Gasteiger partial charge >= 0.3 is 0 Å². The third-order valence-corrected chi connectivity index (χ3v) is 5.16. The van der Waals surface area contributed by atoms with E-state index >= 15 is 0 Å². The molecule has 4 heterocycles. The Morgan fingerprint density at radius 3 is 2.00 bits per heavy atom. The van der Waals surface area contributed by atoms with Crippen LogP contribution in [0.15, 0.2) is 33.7 Å². The van der Waals surface area contributed by atoms with Crippen molar-refractivity contribution >= 4 is 79.3 Å². The predicted octanol–water partition coefficient (Wildman–Crippen LogP) is 6.86. The highest BCUT2D eigenvalue weighted by atomic mass is 35.5. The van der Waals surface area contributed by atoms with Crippen LogP contribution in [0.2, 0.25) is 15.3 Å². The molecule has 7 heteroatoms. The smallest absolute Gasteiger partial charge is 0.131 e. The monoisotopic (exact) mass is 386 g/mol. The molecule has 4 rings (SSSR count). The molecule has 0 spiro atoms. The summed E-state index contributed by atoms with van der Waals surface area (Å²) in [5, 5.41) is 11.9. The van der Waals surface area contributed by atoms with Crippen molar-refractivity contribution in [1.29, 1.82) is 0 Å². The molecular weight excluding hydrogens is 379 g/mol. The SMILES string of the molecule is Cc1cc(Cl)nc2cscc12.Clc1cc(Cl)c2cscc2n1. The topological polar surface area (TPSA) is 25.8 Å². The normalized spacial score (nSPS) is 10.7. The fourth-order valence-corrected chi connectivity index (χ4v) is 4.37. The summed E-state index contributed by atoms with van der Waals surface area (Å²) in [7, 11) is 0. The summed E-state index contributed by atoms with van der Waals surface area (Å²) in [6.07, 6.45) is 0. The van der Waals surface area contributed by atoms with E-state index < -0.39 is 0 Å². The van der Waals surface area contributed by atoms with Gasteiger partial charge in [-0.05, 0) is 24.6 Å². The number of rotatable bonds is 0. The first kappa shape index (κ1) is 16.0. The minimum Gasteiger partial charge on any atom is -0.235 e. The number of halogens is 3. The Morgan fingerprint density at radius 1 is 0.773 bits per heavy atom. The molecule has 4 aromatic rings. The van der Waals surface area contributed by atoms with E-state index in [2.05, 4.69) is 15.3 Å². The van der Waals surface area contributed by atoms with Crippen LogP contribution in [0.3, 0.4) is 0 Å². The lowest BCUT2D eigenvalue weighted by atomic mass is 10.2. The van der Waals surface area contributed by atoms with Gasteiger partial charge in [0, 0.05) is 32.3 Å². The van der Waals surface area contributed by atoms with Crippen molar-refractivity contribution in [1.82, 2.24) is 9.97 Å². The van der Waals surface area contributed by atoms with Crippen LogP contribution >= 0.6 is 57.5 Å². The molecule has 0 N–H and O–H groups in total. The number of pyridine rings is 2. The van der Waals surface area contributed by atoms with Crippen LogP contribution in [0.1, 0.15) is 5.56 Å². The lowest BCUT2D eigenvalue weighted by Gasteiger charge is -1.95. The Kier molecular flexibility index (Phi) is 4.85. The van der Waals surface area contributed by atoms with Crippen molar-refractivity contribution in [2.75, 3.05) is 0 Å². The summed E-state index contributed by atoms with van der Waals surface area (Å²) in [4.78, 5) is 8.26. The summed E-state index contributed by atoms with van der Waals surface area (Å²) in [6.45, 7) is 2.04. The molecule has 0 unspecified atom stereocenters. The number of hydrogen-bond donors (Lipinski definition) is 0. The van der Waals surface area contributed by atoms with Gasteiger partial charge < -0.3 is 0 Å². The second kappa shape index (κ2) is 6.69. The maximum Gasteiger partial charge on any atom is 0.131 e. The van der Waals surface area contributed by atoms with Crippen LogP contribution in [0.4, 0.5) is 0 Å². The Morgan fingerprint density at radius 2 is 1.32 bits per heavy atom. The maximum absolute atomic E-state index is 5.89. The molecule has 22 heavy (non-hydrogen) atoms. The quantitative estimate of drug-likeness (QED) is 0.308. The molecule has 0 saturated heterocycles. The second-order valence-corrected chi connectivity index (χ2v) is 7.20. The van der Waals surface area contributed by atoms with Gasteiger partial charge in [0.1, 0.15) is 10.3 Å². The average Bonchev–Trinajstić information content (AvgIpc) is 3.07. The fraction of sp³-hybridized carbons (Fsp3) is 0.0667. The third-order valence-electron chi connectivity index (χ3n) is 3.00. The Bertz CT molecular complexity index is 868. The Hall–Kier alpha value is -0.910. The van der Waals surface area contributed by atoms with Gasteiger partial charge in [-0.2, -0.15) is 0 Å². The lowest BCUT2D eigenvalue weighted by Crippen LogP contribution is -1.78. The zero-order valence-corrected chi connectivity index (χ0v) is 15.2. The first-order valence-corrected chi connectivity index (χ1v) is 9.23. The van der Waals surface area contributed by atoms with Gasteiger partial charge in [-0.25, -0.2) is 9.97 Å². The largest absolute Gasteiger partial charge is 0.235 e. The Balaban J connectivity index is 0.000000131. The molecule has 0 amide bonds. The minimum atomic E-state index is 0.445. The molecule has 0 radical (unpaired) electrons. The summed E-state index contributed by atoms with van der Waals surface area (Å²) >= 11 is 20.6. The standard InChI is InChI=1S/C8H6ClNS.C7H3Cl2NS/c1-5-2-8(9)10-7-4-11-3-6(5)7;8-5-1-7(9)10-6-3-11-2-4(5)6/h2-4H,1H3;1-3H. The van der Waals surface area contributed by atoms with E-state index in [-0.39, 0.29) is 0 Å². The first-order valence-electron chi connectivity index (χ1n) is 6.21. The number of aromatic nitrogens is 2. The van der Waals surface area contributed by atoms with Gasteiger partial charge in [-0.1, -0.05) is 34.8 Å². The van der Waals surface area contributed by atoms with Crippen LogP contribution in [0.25, 0.3) is 21.8 Å². The zero-order valence-electron chi connectivity index (χ0n) is 11.3. The number of fused-ring (bicyclic) bond motifs is 2. The van der Waals surface area contributed by atoms with E-state index in [1.807, 2.05) is 29.1 Å². The molecule has 0 aliphatic heterocycles. The van der Waals surface area contributed by atoms with Crippen molar-refractivity contribution in [3.8, 4) is 0 Å². The Labute approximate surface area is 150 Å². The third kappa shape index (κ3) is 3.36. The number of hydrogen-bond acceptors (Lipinski definition) is 4. The van der Waals surface area contributed by atoms with E-state index in [9.17, 15) is 0 Å². The molecule has 2 nitrogen and oxygen atoms in total. The van der Waals surface area contributed by atoms with E-state index in [4.69, 9.17) is 34.8 Å². The molecule has 0 fully saturated rings. The highest BCUT2D eigenvalue weighted by Gasteiger charge is 2.02. The fourth-order valence-electron chi connectivity index (χ4n) is 1.96. The van der Waals surface area contributed by atoms with E-state index in [0.29, 0.717) is 15.3 Å². The van der Waals surface area contributed by atoms with Crippen molar-refractivity contribution in [2.45, 2.75) is 6.92 Å². The predicted molar refractivity (Wildman–Crippen MR) is 99.0 cm³/mol. The van der Waals surface area contributed by atoms with Crippen LogP contribution in [-0.2, 0) is 0 Å². The molecule has 112 valence electrons. The van der Waals surface area contributed by atoms with Crippen LogP contribution in [-0.4, -0.2) is 9.97 Å². The van der Waals surface area contributed by atoms with Crippen molar-refractivity contribution < 1.29 is 0 Å².